The Morgan fingerprint density at radius 1 is 1.41 bits per heavy atom. The topological polar surface area (TPSA) is 64.6 Å². The molecular weight excluding hydrogens is 322 g/mol. The highest BCUT2D eigenvalue weighted by Gasteiger charge is 2.36. The van der Waals surface area contributed by atoms with E-state index in [1.807, 2.05) is 19.9 Å². The van der Waals surface area contributed by atoms with E-state index in [0.717, 1.165) is 23.5 Å². The van der Waals surface area contributed by atoms with E-state index in [1.54, 1.807) is 31.0 Å². The average Bonchev–Trinajstić information content (AvgIpc) is 2.97. The van der Waals surface area contributed by atoms with Crippen LogP contribution in [0.1, 0.15) is 18.9 Å². The molecule has 1 heterocycles. The van der Waals surface area contributed by atoms with Crippen LogP contribution in [-0.2, 0) is 14.8 Å². The van der Waals surface area contributed by atoms with Crippen molar-refractivity contribution in [3.05, 3.63) is 23.8 Å². The zero-order valence-corrected chi connectivity index (χ0v) is 14.9. The number of thioether (sulfide) groups is 1. The molecule has 1 aliphatic heterocycles. The Kier molecular flexibility index (Phi) is 5.76. The van der Waals surface area contributed by atoms with Gasteiger partial charge in [0.05, 0.1) is 12.2 Å². The van der Waals surface area contributed by atoms with E-state index >= 15 is 0 Å². The Morgan fingerprint density at radius 3 is 2.77 bits per heavy atom. The summed E-state index contributed by atoms with van der Waals surface area (Å²) in [6, 6.07) is 5.18. The summed E-state index contributed by atoms with van der Waals surface area (Å²) in [5.41, 5.74) is 0.467. The smallest absolute Gasteiger partial charge is 0.244 e. The number of aryl methyl sites for hydroxylation is 1. The number of rotatable bonds is 7. The number of hydrogen-bond donors (Lipinski definition) is 1. The van der Waals surface area contributed by atoms with Gasteiger partial charge in [0.1, 0.15) is 10.6 Å². The molecule has 2 rings (SSSR count). The molecule has 0 amide bonds. The number of ether oxygens (including phenoxy) is 2. The molecule has 1 aliphatic rings. The van der Waals surface area contributed by atoms with Gasteiger partial charge in [0.15, 0.2) is 0 Å². The molecule has 124 valence electrons. The average molecular weight is 345 g/mol. The second kappa shape index (κ2) is 7.21. The van der Waals surface area contributed by atoms with Gasteiger partial charge in [0.2, 0.25) is 10.0 Å². The summed E-state index contributed by atoms with van der Waals surface area (Å²) in [4.78, 5) is 0.186. The maximum atomic E-state index is 12.6. The Balaban J connectivity index is 2.21. The van der Waals surface area contributed by atoms with E-state index < -0.39 is 15.6 Å². The van der Waals surface area contributed by atoms with Gasteiger partial charge in [-0.2, -0.15) is 11.8 Å². The molecule has 1 N–H and O–H groups in total. The minimum Gasteiger partial charge on any atom is -0.492 e. The molecule has 1 aromatic carbocycles. The third kappa shape index (κ3) is 3.95. The van der Waals surface area contributed by atoms with Crippen LogP contribution in [0.4, 0.5) is 0 Å². The van der Waals surface area contributed by atoms with Gasteiger partial charge in [-0.25, -0.2) is 13.1 Å². The monoisotopic (exact) mass is 345 g/mol. The minimum absolute atomic E-state index is 0.186. The van der Waals surface area contributed by atoms with Crippen LogP contribution in [0, 0.1) is 6.92 Å². The predicted octanol–water partition coefficient (Wildman–Crippen LogP) is 2.19. The van der Waals surface area contributed by atoms with Crippen LogP contribution in [0.25, 0.3) is 0 Å². The Bertz CT molecular complexity index is 610. The molecule has 0 aromatic heterocycles. The van der Waals surface area contributed by atoms with Crippen molar-refractivity contribution in [1.29, 1.82) is 0 Å². The van der Waals surface area contributed by atoms with Gasteiger partial charge < -0.3 is 9.47 Å². The van der Waals surface area contributed by atoms with Crippen molar-refractivity contribution < 1.29 is 17.9 Å². The highest BCUT2D eigenvalue weighted by Crippen LogP contribution is 2.31. The van der Waals surface area contributed by atoms with Gasteiger partial charge in [-0.15, -0.1) is 0 Å². The summed E-state index contributed by atoms with van der Waals surface area (Å²) in [5.74, 6) is 2.18. The molecule has 7 heteroatoms. The van der Waals surface area contributed by atoms with Gasteiger partial charge in [0.25, 0.3) is 0 Å². The highest BCUT2D eigenvalue weighted by atomic mass is 32.2. The van der Waals surface area contributed by atoms with E-state index in [4.69, 9.17) is 9.47 Å². The minimum atomic E-state index is -3.64. The SMILES string of the molecule is CCOc1ccc(C)cc1S(=O)(=O)NCC1(OC)CCSC1. The second-order valence-corrected chi connectivity index (χ2v) is 8.24. The van der Waals surface area contributed by atoms with E-state index in [9.17, 15) is 8.42 Å². The van der Waals surface area contributed by atoms with Gasteiger partial charge >= 0.3 is 0 Å². The van der Waals surface area contributed by atoms with Crippen LogP contribution in [-0.4, -0.2) is 45.8 Å². The fourth-order valence-corrected chi connectivity index (χ4v) is 5.10. The van der Waals surface area contributed by atoms with Gasteiger partial charge in [-0.1, -0.05) is 6.07 Å². The Morgan fingerprint density at radius 2 is 2.18 bits per heavy atom. The van der Waals surface area contributed by atoms with Crippen LogP contribution in [0.2, 0.25) is 0 Å². The molecule has 1 unspecified atom stereocenters. The van der Waals surface area contributed by atoms with Crippen molar-refractivity contribution in [3.63, 3.8) is 0 Å². The number of nitrogens with one attached hydrogen (secondary N) is 1. The zero-order valence-electron chi connectivity index (χ0n) is 13.2. The van der Waals surface area contributed by atoms with Crippen LogP contribution >= 0.6 is 11.8 Å². The molecule has 5 nitrogen and oxygen atoms in total. The molecule has 0 saturated carbocycles. The number of hydrogen-bond acceptors (Lipinski definition) is 5. The molecule has 0 aliphatic carbocycles. The van der Waals surface area contributed by atoms with Gasteiger partial charge in [-0.3, -0.25) is 0 Å². The first-order valence-corrected chi connectivity index (χ1v) is 9.92. The molecule has 1 atom stereocenters. The second-order valence-electron chi connectivity index (χ2n) is 5.40. The standard InChI is InChI=1S/C15H23NO4S2/c1-4-20-13-6-5-12(2)9-14(13)22(17,18)16-10-15(19-3)7-8-21-11-15/h5-6,9,16H,4,7-8,10-11H2,1-3H3. The fraction of sp³-hybridized carbons (Fsp3) is 0.600. The summed E-state index contributed by atoms with van der Waals surface area (Å²) in [7, 11) is -2.00. The van der Waals surface area contributed by atoms with Crippen molar-refractivity contribution in [2.24, 2.45) is 0 Å². The first kappa shape index (κ1) is 17.6. The van der Waals surface area contributed by atoms with Crippen molar-refractivity contribution in [3.8, 4) is 5.75 Å². The Hall–Kier alpha value is -0.760. The lowest BCUT2D eigenvalue weighted by atomic mass is 10.0. The molecule has 0 radical (unpaired) electrons. The lowest BCUT2D eigenvalue weighted by molar-refractivity contribution is 0.0179. The first-order valence-electron chi connectivity index (χ1n) is 7.28. The first-order chi connectivity index (χ1) is 10.4. The number of benzene rings is 1. The van der Waals surface area contributed by atoms with Gasteiger partial charge in [-0.05, 0) is 43.7 Å². The summed E-state index contributed by atoms with van der Waals surface area (Å²) < 4.78 is 39.0. The molecule has 1 aromatic rings. The Labute approximate surface area is 136 Å². The van der Waals surface area contributed by atoms with Crippen LogP contribution < -0.4 is 9.46 Å². The number of sulfonamides is 1. The molecule has 0 spiro atoms. The van der Waals surface area contributed by atoms with E-state index in [-0.39, 0.29) is 11.4 Å². The third-order valence-corrected chi connectivity index (χ3v) is 6.42. The summed E-state index contributed by atoms with van der Waals surface area (Å²) in [5, 5.41) is 0. The third-order valence-electron chi connectivity index (χ3n) is 3.77. The van der Waals surface area contributed by atoms with E-state index in [2.05, 4.69) is 4.72 Å². The maximum Gasteiger partial charge on any atom is 0.244 e. The lowest BCUT2D eigenvalue weighted by Crippen LogP contribution is -2.44. The van der Waals surface area contributed by atoms with Gasteiger partial charge in [0, 0.05) is 19.4 Å². The highest BCUT2D eigenvalue weighted by molar-refractivity contribution is 7.99. The zero-order chi connectivity index (χ0) is 16.2. The van der Waals surface area contributed by atoms with Crippen molar-refractivity contribution in [2.75, 3.05) is 31.8 Å². The van der Waals surface area contributed by atoms with E-state index in [1.165, 1.54) is 0 Å². The van der Waals surface area contributed by atoms with E-state index in [0.29, 0.717) is 12.4 Å². The quantitative estimate of drug-likeness (QED) is 0.821. The maximum absolute atomic E-state index is 12.6. The largest absolute Gasteiger partial charge is 0.492 e. The van der Waals surface area contributed by atoms with Crippen LogP contribution in [0.5, 0.6) is 5.75 Å². The normalized spacial score (nSPS) is 22.0. The van der Waals surface area contributed by atoms with Crippen molar-refractivity contribution >= 4 is 21.8 Å². The summed E-state index contributed by atoms with van der Waals surface area (Å²) >= 11 is 1.78. The fourth-order valence-electron chi connectivity index (χ4n) is 2.37. The summed E-state index contributed by atoms with van der Waals surface area (Å²) in [6.45, 7) is 4.39. The van der Waals surface area contributed by atoms with Crippen molar-refractivity contribution in [1.82, 2.24) is 4.72 Å². The lowest BCUT2D eigenvalue weighted by Gasteiger charge is -2.27. The summed E-state index contributed by atoms with van der Waals surface area (Å²) in [6.07, 6.45) is 0.850. The molecule has 0 bridgehead atoms. The molecule has 1 saturated heterocycles. The molecular formula is C15H23NO4S2. The molecule has 22 heavy (non-hydrogen) atoms. The van der Waals surface area contributed by atoms with Crippen LogP contribution in [0.15, 0.2) is 23.1 Å². The number of methoxy groups -OCH3 is 1. The predicted molar refractivity (Wildman–Crippen MR) is 89.2 cm³/mol. The van der Waals surface area contributed by atoms with Crippen LogP contribution in [0.3, 0.4) is 0 Å². The van der Waals surface area contributed by atoms with Crippen molar-refractivity contribution in [2.45, 2.75) is 30.8 Å². The molecule has 1 fully saturated rings.